The number of Topliss-reactive ketones (excluding diaryl/α,β-unsaturated/α-hetero) is 1. The van der Waals surface area contributed by atoms with Gasteiger partial charge in [0.2, 0.25) is 0 Å². The van der Waals surface area contributed by atoms with E-state index in [0.29, 0.717) is 25.1 Å². The van der Waals surface area contributed by atoms with Crippen molar-refractivity contribution < 1.29 is 17.9 Å². The number of nitrogens with one attached hydrogen (secondary N) is 1. The Labute approximate surface area is 198 Å². The van der Waals surface area contributed by atoms with Crippen LogP contribution in [0.3, 0.4) is 0 Å². The van der Waals surface area contributed by atoms with Gasteiger partial charge in [0.05, 0.1) is 17.2 Å². The fourth-order valence-electron chi connectivity index (χ4n) is 4.62. The molecule has 6 nitrogen and oxygen atoms in total. The van der Waals surface area contributed by atoms with Crippen LogP contribution < -0.4 is 9.46 Å². The summed E-state index contributed by atoms with van der Waals surface area (Å²) in [5.41, 5.74) is 6.24. The zero-order valence-electron chi connectivity index (χ0n) is 18.6. The zero-order valence-corrected chi connectivity index (χ0v) is 19.4. The lowest BCUT2D eigenvalue weighted by molar-refractivity contribution is -0.119. The van der Waals surface area contributed by atoms with Gasteiger partial charge in [-0.25, -0.2) is 8.42 Å². The molecular formula is C27H24N2O4S. The van der Waals surface area contributed by atoms with Crippen molar-refractivity contribution in [1.82, 2.24) is 4.98 Å². The predicted octanol–water partition coefficient (Wildman–Crippen LogP) is 4.58. The maximum Gasteiger partial charge on any atom is 0.261 e. The highest BCUT2D eigenvalue weighted by atomic mass is 32.2. The molecular weight excluding hydrogens is 448 g/mol. The van der Waals surface area contributed by atoms with E-state index in [9.17, 15) is 13.2 Å². The first-order valence-electron chi connectivity index (χ1n) is 11.6. The van der Waals surface area contributed by atoms with Crippen molar-refractivity contribution in [2.24, 2.45) is 5.92 Å². The molecule has 0 amide bonds. The highest BCUT2D eigenvalue weighted by Crippen LogP contribution is 2.35. The summed E-state index contributed by atoms with van der Waals surface area (Å²) in [5, 5.41) is 0. The van der Waals surface area contributed by atoms with Crippen LogP contribution in [-0.2, 0) is 34.1 Å². The highest BCUT2D eigenvalue weighted by Gasteiger charge is 2.30. The Kier molecular flexibility index (Phi) is 5.03. The second kappa shape index (κ2) is 8.09. The van der Waals surface area contributed by atoms with E-state index in [0.717, 1.165) is 58.7 Å². The Morgan fingerprint density at radius 2 is 1.91 bits per heavy atom. The van der Waals surface area contributed by atoms with Crippen LogP contribution in [0.2, 0.25) is 0 Å². The van der Waals surface area contributed by atoms with Crippen LogP contribution in [0.25, 0.3) is 17.2 Å². The van der Waals surface area contributed by atoms with Crippen molar-refractivity contribution in [3.8, 4) is 16.9 Å². The number of nitrogens with zero attached hydrogens (tertiary/aromatic N) is 1. The molecule has 2 aromatic carbocycles. The molecule has 2 heterocycles. The quantitative estimate of drug-likeness (QED) is 0.544. The SMILES string of the molecule is O=C(Cc1cc(-c2ccc(NS(=O)(=O)c3ccc4c(c3)CCO4)cc2)c2c(n1)CC=C2)C1CC1. The largest absolute Gasteiger partial charge is 0.493 e. The van der Waals surface area contributed by atoms with Crippen LogP contribution in [-0.4, -0.2) is 25.8 Å². The van der Waals surface area contributed by atoms with Gasteiger partial charge >= 0.3 is 0 Å². The van der Waals surface area contributed by atoms with E-state index in [1.807, 2.05) is 18.2 Å². The fraction of sp³-hybridized carbons (Fsp3) is 0.259. The van der Waals surface area contributed by atoms with E-state index in [4.69, 9.17) is 9.72 Å². The van der Waals surface area contributed by atoms with Gasteiger partial charge in [0.1, 0.15) is 11.5 Å². The van der Waals surface area contributed by atoms with Crippen molar-refractivity contribution in [2.45, 2.75) is 37.0 Å². The van der Waals surface area contributed by atoms with E-state index in [-0.39, 0.29) is 16.6 Å². The number of fused-ring (bicyclic) bond motifs is 2. The van der Waals surface area contributed by atoms with Gasteiger partial charge in [-0.1, -0.05) is 24.3 Å². The maximum atomic E-state index is 12.9. The van der Waals surface area contributed by atoms with E-state index >= 15 is 0 Å². The first-order valence-corrected chi connectivity index (χ1v) is 13.1. The number of pyridine rings is 1. The number of sulfonamides is 1. The molecule has 172 valence electrons. The van der Waals surface area contributed by atoms with Gasteiger partial charge in [-0.3, -0.25) is 14.5 Å². The Hall–Kier alpha value is -3.45. The molecule has 1 fully saturated rings. The summed E-state index contributed by atoms with van der Waals surface area (Å²) >= 11 is 0. The molecule has 2 aliphatic carbocycles. The van der Waals surface area contributed by atoms with Crippen LogP contribution in [0.1, 0.15) is 35.4 Å². The van der Waals surface area contributed by atoms with Gasteiger partial charge in [0, 0.05) is 42.1 Å². The van der Waals surface area contributed by atoms with Crippen LogP contribution in [0.4, 0.5) is 5.69 Å². The molecule has 1 saturated carbocycles. The molecule has 1 N–H and O–H groups in total. The minimum absolute atomic E-state index is 0.210. The van der Waals surface area contributed by atoms with Crippen LogP contribution in [0.15, 0.2) is 59.5 Å². The van der Waals surface area contributed by atoms with Gasteiger partial charge in [0.15, 0.2) is 0 Å². The lowest BCUT2D eigenvalue weighted by Crippen LogP contribution is -2.13. The number of benzene rings is 2. The number of hydrogen-bond donors (Lipinski definition) is 1. The van der Waals surface area contributed by atoms with Crippen molar-refractivity contribution in [3.05, 3.63) is 77.1 Å². The molecule has 0 unspecified atom stereocenters. The molecule has 3 aromatic rings. The van der Waals surface area contributed by atoms with E-state index < -0.39 is 10.0 Å². The third-order valence-corrected chi connectivity index (χ3v) is 7.97. The molecule has 0 saturated heterocycles. The van der Waals surface area contributed by atoms with Gasteiger partial charge in [0.25, 0.3) is 10.0 Å². The first-order chi connectivity index (χ1) is 16.5. The topological polar surface area (TPSA) is 85.4 Å². The summed E-state index contributed by atoms with van der Waals surface area (Å²) in [6, 6.07) is 14.3. The molecule has 0 radical (unpaired) electrons. The van der Waals surface area contributed by atoms with Crippen molar-refractivity contribution >= 4 is 27.6 Å². The highest BCUT2D eigenvalue weighted by molar-refractivity contribution is 7.92. The predicted molar refractivity (Wildman–Crippen MR) is 130 cm³/mol. The molecule has 0 atom stereocenters. The average molecular weight is 473 g/mol. The lowest BCUT2D eigenvalue weighted by atomic mass is 9.97. The molecule has 1 aliphatic heterocycles. The third-order valence-electron chi connectivity index (χ3n) is 6.59. The molecule has 34 heavy (non-hydrogen) atoms. The Balaban J connectivity index is 1.26. The number of allylic oxidation sites excluding steroid dienone is 1. The van der Waals surface area contributed by atoms with Crippen LogP contribution >= 0.6 is 0 Å². The molecule has 7 heteroatoms. The Morgan fingerprint density at radius 3 is 2.71 bits per heavy atom. The van der Waals surface area contributed by atoms with Gasteiger partial charge < -0.3 is 4.74 Å². The average Bonchev–Trinajstić information content (AvgIpc) is 3.39. The Morgan fingerprint density at radius 1 is 1.09 bits per heavy atom. The molecule has 6 rings (SSSR count). The second-order valence-corrected chi connectivity index (χ2v) is 10.8. The van der Waals surface area contributed by atoms with Crippen LogP contribution in [0, 0.1) is 5.92 Å². The summed E-state index contributed by atoms with van der Waals surface area (Å²) in [4.78, 5) is 17.3. The monoisotopic (exact) mass is 472 g/mol. The standard InChI is InChI=1S/C27H24N2O4S/c30-26(18-4-5-18)16-21-15-24(23-2-1-3-25(23)28-21)17-6-8-20(9-7-17)29-34(31,32)22-10-11-27-19(14-22)12-13-33-27/h1-2,6-11,14-15,18,29H,3-5,12-13,16H2. The number of carbonyl (C=O) groups excluding carboxylic acids is 1. The summed E-state index contributed by atoms with van der Waals surface area (Å²) in [6.45, 7) is 0.581. The van der Waals surface area contributed by atoms with Crippen molar-refractivity contribution in [2.75, 3.05) is 11.3 Å². The summed E-state index contributed by atoms with van der Waals surface area (Å²) < 4.78 is 34.0. The van der Waals surface area contributed by atoms with Gasteiger partial charge in [-0.05, 0) is 65.9 Å². The number of aromatic nitrogens is 1. The number of ketones is 1. The molecule has 1 aromatic heterocycles. The first kappa shape index (κ1) is 21.1. The van der Waals surface area contributed by atoms with E-state index in [2.05, 4.69) is 16.9 Å². The summed E-state index contributed by atoms with van der Waals surface area (Å²) in [6.07, 6.45) is 7.98. The van der Waals surface area contributed by atoms with Crippen molar-refractivity contribution in [1.29, 1.82) is 0 Å². The van der Waals surface area contributed by atoms with Gasteiger partial charge in [-0.2, -0.15) is 0 Å². The number of carbonyl (C=O) groups is 1. The minimum Gasteiger partial charge on any atom is -0.493 e. The summed E-state index contributed by atoms with van der Waals surface area (Å²) in [7, 11) is -3.71. The third kappa shape index (κ3) is 4.01. The van der Waals surface area contributed by atoms with Crippen molar-refractivity contribution in [3.63, 3.8) is 0 Å². The number of anilines is 1. The van der Waals surface area contributed by atoms with Crippen LogP contribution in [0.5, 0.6) is 5.75 Å². The van der Waals surface area contributed by atoms with Gasteiger partial charge in [-0.15, -0.1) is 0 Å². The number of ether oxygens (including phenoxy) is 1. The maximum absolute atomic E-state index is 12.9. The second-order valence-electron chi connectivity index (χ2n) is 9.10. The zero-order chi connectivity index (χ0) is 23.3. The summed E-state index contributed by atoms with van der Waals surface area (Å²) in [5.74, 6) is 1.23. The van der Waals surface area contributed by atoms with E-state index in [1.165, 1.54) is 0 Å². The fourth-order valence-corrected chi connectivity index (χ4v) is 5.72. The minimum atomic E-state index is -3.71. The normalized spacial score (nSPS) is 16.1. The number of hydrogen-bond acceptors (Lipinski definition) is 5. The molecule has 0 spiro atoms. The number of rotatable bonds is 7. The molecule has 3 aliphatic rings. The Bertz CT molecular complexity index is 1440. The smallest absolute Gasteiger partial charge is 0.261 e. The van der Waals surface area contributed by atoms with E-state index in [1.54, 1.807) is 30.3 Å². The lowest BCUT2D eigenvalue weighted by Gasteiger charge is -2.13. The molecule has 0 bridgehead atoms.